The topological polar surface area (TPSA) is 64.1 Å². The minimum atomic E-state index is -0.0877. The number of amides is 1. The molecule has 1 amide bonds. The number of hydrogen-bond donors (Lipinski definition) is 1. The first-order valence-corrected chi connectivity index (χ1v) is 9.06. The highest BCUT2D eigenvalue weighted by Gasteiger charge is 2.24. The van der Waals surface area contributed by atoms with Crippen LogP contribution >= 0.6 is 23.2 Å². The Hall–Kier alpha value is -2.11. The molecule has 0 unspecified atom stereocenters. The van der Waals surface area contributed by atoms with E-state index < -0.39 is 0 Å². The Bertz CT molecular complexity index is 756. The van der Waals surface area contributed by atoms with Gasteiger partial charge in [0.15, 0.2) is 5.75 Å². The summed E-state index contributed by atoms with van der Waals surface area (Å²) >= 11 is 11.8. The molecule has 1 N–H and O–H groups in total. The van der Waals surface area contributed by atoms with Crippen molar-refractivity contribution < 1.29 is 9.53 Å². The predicted octanol–water partition coefficient (Wildman–Crippen LogP) is 4.84. The van der Waals surface area contributed by atoms with Crippen molar-refractivity contribution in [2.45, 2.75) is 39.3 Å². The average Bonchev–Trinajstić information content (AvgIpc) is 3.46. The molecule has 1 aliphatic rings. The zero-order chi connectivity index (χ0) is 18.9. The Kier molecular flexibility index (Phi) is 7.88. The number of nitrogens with one attached hydrogen (secondary N) is 1. The van der Waals surface area contributed by atoms with Crippen LogP contribution in [0.5, 0.6) is 5.75 Å². The number of allylic oxidation sites excluding steroid dienone is 2. The molecule has 7 heteroatoms. The Labute approximate surface area is 163 Å². The van der Waals surface area contributed by atoms with Crippen LogP contribution in [0.1, 0.15) is 42.6 Å². The molecule has 1 saturated carbocycles. The van der Waals surface area contributed by atoms with Gasteiger partial charge in [0, 0.05) is 22.2 Å². The molecule has 3 rings (SSSR count). The van der Waals surface area contributed by atoms with Gasteiger partial charge in [-0.3, -0.25) is 4.79 Å². The second kappa shape index (κ2) is 10.1. The van der Waals surface area contributed by atoms with Gasteiger partial charge in [0.25, 0.3) is 5.91 Å². The van der Waals surface area contributed by atoms with E-state index in [1.165, 1.54) is 12.4 Å². The second-order valence-corrected chi connectivity index (χ2v) is 6.44. The van der Waals surface area contributed by atoms with E-state index in [0.717, 1.165) is 18.4 Å². The summed E-state index contributed by atoms with van der Waals surface area (Å²) in [7, 11) is 0. The fourth-order valence-electron chi connectivity index (χ4n) is 1.86. The van der Waals surface area contributed by atoms with Gasteiger partial charge in [-0.1, -0.05) is 23.8 Å². The van der Waals surface area contributed by atoms with Gasteiger partial charge in [0.05, 0.1) is 12.4 Å². The maximum atomic E-state index is 12.0. The van der Waals surface area contributed by atoms with E-state index in [1.807, 2.05) is 26.0 Å². The summed E-state index contributed by atoms with van der Waals surface area (Å²) in [4.78, 5) is 19.7. The summed E-state index contributed by atoms with van der Waals surface area (Å²) in [5.74, 6) is 0.392. The lowest BCUT2D eigenvalue weighted by Gasteiger charge is -2.09. The first-order chi connectivity index (χ1) is 12.5. The molecule has 0 atom stereocenters. The molecule has 0 radical (unpaired) electrons. The maximum absolute atomic E-state index is 12.0. The third-order valence-corrected chi connectivity index (χ3v) is 4.11. The number of carbonyl (C=O) groups excluding carboxylic acids is 1. The highest BCUT2D eigenvalue weighted by Crippen LogP contribution is 2.22. The number of rotatable bonds is 5. The van der Waals surface area contributed by atoms with Crippen molar-refractivity contribution in [2.24, 2.45) is 0 Å². The van der Waals surface area contributed by atoms with Gasteiger partial charge < -0.3 is 10.1 Å². The molecule has 138 valence electrons. The number of nitrogens with zero attached hydrogens (tertiary/aromatic N) is 2. The predicted molar refractivity (Wildman–Crippen MR) is 104 cm³/mol. The maximum Gasteiger partial charge on any atom is 0.251 e. The van der Waals surface area contributed by atoms with Crippen LogP contribution in [0.4, 0.5) is 0 Å². The van der Waals surface area contributed by atoms with E-state index in [4.69, 9.17) is 27.9 Å². The summed E-state index contributed by atoms with van der Waals surface area (Å²) in [5.41, 5.74) is 1.29. The van der Waals surface area contributed by atoms with E-state index in [9.17, 15) is 4.79 Å². The summed E-state index contributed by atoms with van der Waals surface area (Å²) in [5, 5.41) is 3.64. The van der Waals surface area contributed by atoms with Crippen molar-refractivity contribution in [1.82, 2.24) is 15.3 Å². The lowest BCUT2D eigenvalue weighted by molar-refractivity contribution is 0.0951. The van der Waals surface area contributed by atoms with Crippen LogP contribution in [0, 0.1) is 0 Å². The van der Waals surface area contributed by atoms with E-state index >= 15 is 0 Å². The molecular formula is C19H21Cl2N3O2. The van der Waals surface area contributed by atoms with Gasteiger partial charge in [0.2, 0.25) is 5.28 Å². The van der Waals surface area contributed by atoms with Crippen molar-refractivity contribution in [3.05, 3.63) is 64.2 Å². The number of ether oxygens (including phenoxy) is 1. The molecule has 0 aliphatic heterocycles. The Morgan fingerprint density at radius 3 is 2.46 bits per heavy atom. The van der Waals surface area contributed by atoms with Crippen LogP contribution in [0.15, 0.2) is 42.7 Å². The Balaban J connectivity index is 0.000000552. The third-order valence-electron chi connectivity index (χ3n) is 3.54. The van der Waals surface area contributed by atoms with Crippen LogP contribution < -0.4 is 10.1 Å². The normalized spacial score (nSPS) is 13.1. The largest absolute Gasteiger partial charge is 0.486 e. The quantitative estimate of drug-likeness (QED) is 0.582. The molecule has 0 saturated heterocycles. The Morgan fingerprint density at radius 2 is 1.88 bits per heavy atom. The van der Waals surface area contributed by atoms with E-state index in [0.29, 0.717) is 22.4 Å². The highest BCUT2D eigenvalue weighted by atomic mass is 35.5. The van der Waals surface area contributed by atoms with Gasteiger partial charge in [-0.15, -0.1) is 0 Å². The second-order valence-electron chi connectivity index (χ2n) is 5.70. The van der Waals surface area contributed by atoms with Gasteiger partial charge in [0.1, 0.15) is 6.61 Å². The number of hydrogen-bond acceptors (Lipinski definition) is 4. The van der Waals surface area contributed by atoms with Crippen molar-refractivity contribution in [3.63, 3.8) is 0 Å². The summed E-state index contributed by atoms with van der Waals surface area (Å²) < 4.78 is 5.56. The van der Waals surface area contributed by atoms with Crippen LogP contribution in [-0.4, -0.2) is 21.9 Å². The van der Waals surface area contributed by atoms with Crippen LogP contribution in [-0.2, 0) is 6.61 Å². The summed E-state index contributed by atoms with van der Waals surface area (Å²) in [6.07, 6.45) is 9.05. The van der Waals surface area contributed by atoms with Crippen LogP contribution in [0.25, 0.3) is 0 Å². The standard InChI is InChI=1S/C15H13Cl2N3O2.C4H8/c16-13-4-1-9(14(21)20-11-2-3-11)5-10(13)8-22-12-6-18-15(17)19-7-12;1-3-4-2/h1,4-7,11H,2-3,8H2,(H,20,21);3-4H,1-2H3. The smallest absolute Gasteiger partial charge is 0.251 e. The van der Waals surface area contributed by atoms with Gasteiger partial charge >= 0.3 is 0 Å². The fraction of sp³-hybridized carbons (Fsp3) is 0.316. The zero-order valence-electron chi connectivity index (χ0n) is 14.7. The Morgan fingerprint density at radius 1 is 1.23 bits per heavy atom. The molecule has 2 aromatic rings. The number of carbonyl (C=O) groups is 1. The SMILES string of the molecule is CC=CC.O=C(NC1CC1)c1ccc(Cl)c(COc2cnc(Cl)nc2)c1. The lowest BCUT2D eigenvalue weighted by atomic mass is 10.1. The molecular weight excluding hydrogens is 373 g/mol. The average molecular weight is 394 g/mol. The van der Waals surface area contributed by atoms with Crippen molar-refractivity contribution in [2.75, 3.05) is 0 Å². The molecule has 1 fully saturated rings. The van der Waals surface area contributed by atoms with Crippen LogP contribution in [0.3, 0.4) is 0 Å². The summed E-state index contributed by atoms with van der Waals surface area (Å²) in [6.45, 7) is 4.22. The van der Waals surface area contributed by atoms with Crippen LogP contribution in [0.2, 0.25) is 10.3 Å². The molecule has 1 aromatic heterocycles. The van der Waals surface area contributed by atoms with E-state index in [-0.39, 0.29) is 17.8 Å². The molecule has 5 nitrogen and oxygen atoms in total. The minimum absolute atomic E-state index is 0.0877. The summed E-state index contributed by atoms with van der Waals surface area (Å²) in [6, 6.07) is 5.45. The molecule has 0 spiro atoms. The zero-order valence-corrected chi connectivity index (χ0v) is 16.2. The molecule has 1 aromatic carbocycles. The number of benzene rings is 1. The van der Waals surface area contributed by atoms with E-state index in [2.05, 4.69) is 15.3 Å². The van der Waals surface area contributed by atoms with Gasteiger partial charge in [-0.25, -0.2) is 9.97 Å². The molecule has 1 aliphatic carbocycles. The van der Waals surface area contributed by atoms with Crippen molar-refractivity contribution in [1.29, 1.82) is 0 Å². The first kappa shape index (κ1) is 20.2. The van der Waals surface area contributed by atoms with Crippen molar-refractivity contribution >= 4 is 29.1 Å². The fourth-order valence-corrected chi connectivity index (χ4v) is 2.13. The monoisotopic (exact) mass is 393 g/mol. The van der Waals surface area contributed by atoms with E-state index in [1.54, 1.807) is 18.2 Å². The van der Waals surface area contributed by atoms with Gasteiger partial charge in [-0.2, -0.15) is 0 Å². The number of aromatic nitrogens is 2. The molecule has 1 heterocycles. The molecule has 0 bridgehead atoms. The lowest BCUT2D eigenvalue weighted by Crippen LogP contribution is -2.25. The minimum Gasteiger partial charge on any atom is -0.486 e. The number of halogens is 2. The third kappa shape index (κ3) is 6.65. The highest BCUT2D eigenvalue weighted by molar-refractivity contribution is 6.31. The van der Waals surface area contributed by atoms with Crippen molar-refractivity contribution in [3.8, 4) is 5.75 Å². The van der Waals surface area contributed by atoms with Gasteiger partial charge in [-0.05, 0) is 56.5 Å². The molecule has 26 heavy (non-hydrogen) atoms. The first-order valence-electron chi connectivity index (χ1n) is 8.30.